The molecular formula is C36H21F8I3N4O6. The standard InChI is InChI=1S/C24H10F8I2N2O2.2C6H5NO2.HI/c25-11-15(29)23(16(30)12(26)19(11)33)37-21(9-1-5-35-6-2-9)22(10-3-7-36-8-4-10)38-24-17(31)13(27)20(34)14(28)18(24)32;2*8-7(9)6-4-2-1-3-5-6;/h1-8,21-22H;2*1-5H;1H/t21-,22-;;;/m1.../s1. The predicted octanol–water partition coefficient (Wildman–Crippen LogP) is 8.05. The van der Waals surface area contributed by atoms with E-state index in [1.807, 2.05) is 0 Å². The van der Waals surface area contributed by atoms with Crippen molar-refractivity contribution in [1.29, 1.82) is 0 Å². The summed E-state index contributed by atoms with van der Waals surface area (Å²) in [4.78, 5) is 26.8. The highest BCUT2D eigenvalue weighted by Gasteiger charge is 2.36. The van der Waals surface area contributed by atoms with Crippen LogP contribution < -0.4 is 33.5 Å². The molecule has 0 bridgehead atoms. The van der Waals surface area contributed by atoms with Gasteiger partial charge in [-0.3, -0.25) is 30.2 Å². The summed E-state index contributed by atoms with van der Waals surface area (Å²) in [5.74, 6) is -17.6. The van der Waals surface area contributed by atoms with Gasteiger partial charge < -0.3 is 33.5 Å². The van der Waals surface area contributed by atoms with Crippen LogP contribution in [0.2, 0.25) is 0 Å². The number of non-ortho nitro benzene ring substituents is 2. The van der Waals surface area contributed by atoms with Gasteiger partial charge in [0.2, 0.25) is 23.3 Å². The smallest absolute Gasteiger partial charge is 1.00 e. The van der Waals surface area contributed by atoms with Gasteiger partial charge >= 0.3 is 1.43 Å². The van der Waals surface area contributed by atoms with E-state index in [2.05, 4.69) is 9.97 Å². The summed E-state index contributed by atoms with van der Waals surface area (Å²) < 4.78 is 125. The van der Waals surface area contributed by atoms with Crippen LogP contribution in [-0.4, -0.2) is 19.8 Å². The number of pyridine rings is 2. The van der Waals surface area contributed by atoms with Gasteiger partial charge in [0.1, 0.15) is 0 Å². The summed E-state index contributed by atoms with van der Waals surface area (Å²) in [6.07, 6.45) is 1.22. The quantitative estimate of drug-likeness (QED) is 0.0356. The molecule has 6 aromatic rings. The average Bonchev–Trinajstić information content (AvgIpc) is 3.23. The molecule has 0 fully saturated rings. The van der Waals surface area contributed by atoms with Gasteiger partial charge in [-0.05, 0) is 80.6 Å². The molecule has 0 amide bonds. The number of para-hydroxylation sites is 2. The fourth-order valence-corrected chi connectivity index (χ4v) is 5.39. The van der Waals surface area contributed by atoms with Crippen LogP contribution >= 0.6 is 45.2 Å². The van der Waals surface area contributed by atoms with E-state index >= 15 is 0 Å². The minimum absolute atomic E-state index is 0. The maximum atomic E-state index is 14.8. The second-order valence-electron chi connectivity index (χ2n) is 10.6. The van der Waals surface area contributed by atoms with Crippen molar-refractivity contribution < 1.29 is 79.8 Å². The van der Waals surface area contributed by atoms with Gasteiger partial charge in [0.15, 0.2) is 47.0 Å². The second-order valence-corrected chi connectivity index (χ2v) is 12.8. The molecule has 0 aliphatic rings. The molecule has 2 aromatic heterocycles. The SMILES string of the molecule is Fc1c(F)c(O[C@H](c2ccncc2)[C@H](Oc2c(F)c(F)c(I)c(F)c2F)c2ccncc2)c(F)c(F)c1I.O=[N+]([O-])c1ccccc1.O=[N+]([O-])c1ccccc1.[H+].[I-]. The lowest BCUT2D eigenvalue weighted by Gasteiger charge is -2.30. The normalized spacial score (nSPS) is 11.3. The number of nitro benzene ring substituents is 2. The molecule has 298 valence electrons. The molecule has 0 radical (unpaired) electrons. The van der Waals surface area contributed by atoms with Crippen molar-refractivity contribution in [3.05, 3.63) is 195 Å². The number of hydrogen-bond donors (Lipinski definition) is 0. The molecule has 0 saturated carbocycles. The number of ether oxygens (including phenoxy) is 2. The zero-order valence-electron chi connectivity index (χ0n) is 28.9. The van der Waals surface area contributed by atoms with Crippen LogP contribution in [-0.2, 0) is 0 Å². The molecule has 0 aliphatic heterocycles. The first kappa shape index (κ1) is 46.6. The Hall–Kier alpha value is -4.79. The molecule has 4 aromatic carbocycles. The molecular weight excluding hydrogens is 1120 g/mol. The topological polar surface area (TPSA) is 131 Å². The lowest BCUT2D eigenvalue weighted by atomic mass is 9.99. The predicted molar refractivity (Wildman–Crippen MR) is 200 cm³/mol. The van der Waals surface area contributed by atoms with Crippen LogP contribution in [0.25, 0.3) is 0 Å². The molecule has 2 atom stereocenters. The monoisotopic (exact) mass is 1140 g/mol. The first-order chi connectivity index (χ1) is 26.6. The number of halogens is 11. The number of hydrogen-bond acceptors (Lipinski definition) is 8. The lowest BCUT2D eigenvalue weighted by Crippen LogP contribution is -3.00. The molecule has 6 rings (SSSR count). The third kappa shape index (κ3) is 11.6. The number of nitrogens with zero attached hydrogens (tertiary/aromatic N) is 4. The zero-order chi connectivity index (χ0) is 41.1. The van der Waals surface area contributed by atoms with E-state index in [0.717, 1.165) is 45.2 Å². The van der Waals surface area contributed by atoms with Crippen molar-refractivity contribution in [2.45, 2.75) is 12.2 Å². The van der Waals surface area contributed by atoms with Gasteiger partial charge in [0.05, 0.1) is 17.0 Å². The molecule has 0 N–H and O–H groups in total. The first-order valence-corrected chi connectivity index (χ1v) is 17.4. The Morgan fingerprint density at radius 1 is 0.491 bits per heavy atom. The van der Waals surface area contributed by atoms with Gasteiger partial charge in [0.25, 0.3) is 11.4 Å². The van der Waals surface area contributed by atoms with E-state index in [1.165, 1.54) is 73.3 Å². The lowest BCUT2D eigenvalue weighted by molar-refractivity contribution is -0.385. The third-order valence-corrected chi connectivity index (χ3v) is 9.00. The van der Waals surface area contributed by atoms with Gasteiger partial charge in [0, 0.05) is 49.1 Å². The number of benzene rings is 4. The van der Waals surface area contributed by atoms with E-state index in [4.69, 9.17) is 9.47 Å². The Kier molecular flexibility index (Phi) is 17.7. The molecule has 2 heterocycles. The van der Waals surface area contributed by atoms with Crippen LogP contribution in [0, 0.1) is 73.9 Å². The van der Waals surface area contributed by atoms with Gasteiger partial charge in [-0.2, -0.15) is 17.6 Å². The van der Waals surface area contributed by atoms with E-state index in [-0.39, 0.29) is 47.9 Å². The summed E-state index contributed by atoms with van der Waals surface area (Å²) >= 11 is 2.11. The van der Waals surface area contributed by atoms with Crippen molar-refractivity contribution in [3.63, 3.8) is 0 Å². The van der Waals surface area contributed by atoms with Crippen molar-refractivity contribution in [2.24, 2.45) is 0 Å². The van der Waals surface area contributed by atoms with Crippen molar-refractivity contribution in [3.8, 4) is 11.5 Å². The summed E-state index contributed by atoms with van der Waals surface area (Å²) in [6, 6.07) is 20.9. The third-order valence-electron chi connectivity index (χ3n) is 7.11. The van der Waals surface area contributed by atoms with Crippen LogP contribution in [0.5, 0.6) is 11.5 Å². The van der Waals surface area contributed by atoms with Gasteiger partial charge in [-0.1, -0.05) is 36.4 Å². The zero-order valence-corrected chi connectivity index (χ0v) is 34.4. The highest BCUT2D eigenvalue weighted by molar-refractivity contribution is 14.1. The Bertz CT molecular complexity index is 2100. The molecule has 0 aliphatic carbocycles. The highest BCUT2D eigenvalue weighted by Crippen LogP contribution is 2.42. The summed E-state index contributed by atoms with van der Waals surface area (Å²) in [6.45, 7) is 0. The maximum Gasteiger partial charge on any atom is 1.00 e. The average molecular weight is 1140 g/mol. The molecule has 57 heavy (non-hydrogen) atoms. The van der Waals surface area contributed by atoms with Crippen LogP contribution in [0.3, 0.4) is 0 Å². The fourth-order valence-electron chi connectivity index (χ4n) is 4.45. The Labute approximate surface area is 362 Å². The van der Waals surface area contributed by atoms with E-state index in [9.17, 15) is 55.4 Å². The van der Waals surface area contributed by atoms with Crippen molar-refractivity contribution in [2.75, 3.05) is 0 Å². The summed E-state index contributed by atoms with van der Waals surface area (Å²) in [7, 11) is 0. The minimum atomic E-state index is -1.90. The molecule has 0 unspecified atom stereocenters. The van der Waals surface area contributed by atoms with E-state index < -0.39 is 87.2 Å². The molecule has 10 nitrogen and oxygen atoms in total. The summed E-state index contributed by atoms with van der Waals surface area (Å²) in [5, 5.41) is 20.0. The Morgan fingerprint density at radius 2 is 0.754 bits per heavy atom. The van der Waals surface area contributed by atoms with Crippen molar-refractivity contribution >= 4 is 56.6 Å². The van der Waals surface area contributed by atoms with E-state index in [1.54, 1.807) is 36.4 Å². The summed E-state index contributed by atoms with van der Waals surface area (Å²) in [5.41, 5.74) is 0.259. The Morgan fingerprint density at radius 3 is 0.982 bits per heavy atom. The van der Waals surface area contributed by atoms with Gasteiger partial charge in [-0.25, -0.2) is 17.6 Å². The minimum Gasteiger partial charge on any atom is -1.00 e. The Balaban J connectivity index is 0.000000475. The van der Waals surface area contributed by atoms with Crippen LogP contribution in [0.15, 0.2) is 110 Å². The maximum absolute atomic E-state index is 14.8. The number of aromatic nitrogens is 2. The molecule has 0 spiro atoms. The second kappa shape index (κ2) is 21.7. The highest BCUT2D eigenvalue weighted by atomic mass is 127. The fraction of sp³-hybridized carbons (Fsp3) is 0.0556. The number of nitro groups is 2. The van der Waals surface area contributed by atoms with Crippen LogP contribution in [0.4, 0.5) is 46.5 Å². The first-order valence-electron chi connectivity index (χ1n) is 15.2. The largest absolute Gasteiger partial charge is 1.00 e. The number of rotatable bonds is 9. The van der Waals surface area contributed by atoms with Gasteiger partial charge in [-0.15, -0.1) is 0 Å². The van der Waals surface area contributed by atoms with E-state index in [0.29, 0.717) is 0 Å². The molecule has 0 saturated heterocycles. The molecule has 21 heteroatoms. The van der Waals surface area contributed by atoms with Crippen molar-refractivity contribution in [1.82, 2.24) is 9.97 Å². The van der Waals surface area contributed by atoms with Crippen LogP contribution in [0.1, 0.15) is 24.8 Å².